The molecule has 0 saturated carbocycles. The van der Waals surface area contributed by atoms with Crippen LogP contribution in [0.15, 0.2) is 0 Å². The van der Waals surface area contributed by atoms with Crippen LogP contribution in [-0.2, 0) is 0 Å². The monoisotopic (exact) mass is 451 g/mol. The molecule has 0 heterocycles. The summed E-state index contributed by atoms with van der Waals surface area (Å²) in [6, 6.07) is 0. The van der Waals surface area contributed by atoms with E-state index in [4.69, 9.17) is 0 Å². The van der Waals surface area contributed by atoms with E-state index in [1.807, 2.05) is 0 Å². The Bertz CT molecular complexity index is 422. The van der Waals surface area contributed by atoms with E-state index in [-0.39, 0.29) is 0 Å². The van der Waals surface area contributed by atoms with Gasteiger partial charge in [-0.25, -0.2) is 0 Å². The Morgan fingerprint density at radius 3 is 1.28 bits per heavy atom. The molecule has 0 amide bonds. The van der Waals surface area contributed by atoms with Crippen molar-refractivity contribution in [3.8, 4) is 0 Å². The van der Waals surface area contributed by atoms with Gasteiger partial charge >= 0.3 is 0 Å². The molecule has 0 aliphatic heterocycles. The van der Waals surface area contributed by atoms with E-state index in [9.17, 15) is 0 Å². The lowest BCUT2D eigenvalue weighted by molar-refractivity contribution is 0.219. The predicted octanol–water partition coefficient (Wildman–Crippen LogP) is 11.6. The molecule has 0 N–H and O–H groups in total. The van der Waals surface area contributed by atoms with Gasteiger partial charge in [0.1, 0.15) is 0 Å². The normalized spacial score (nSPS) is 19.0. The van der Waals surface area contributed by atoms with E-state index in [1.165, 1.54) is 83.5 Å². The molecule has 0 aromatic rings. The van der Waals surface area contributed by atoms with Gasteiger partial charge in [0.05, 0.1) is 0 Å². The average Bonchev–Trinajstić information content (AvgIpc) is 2.74. The number of hydrogen-bond acceptors (Lipinski definition) is 0. The lowest BCUT2D eigenvalue weighted by Crippen LogP contribution is -2.17. The fourth-order valence-electron chi connectivity index (χ4n) is 4.96. The maximum Gasteiger partial charge on any atom is -0.0328 e. The average molecular weight is 451 g/mol. The van der Waals surface area contributed by atoms with Crippen LogP contribution in [0.1, 0.15) is 160 Å². The molecule has 0 saturated heterocycles. The first kappa shape index (κ1) is 32.0. The summed E-state index contributed by atoms with van der Waals surface area (Å²) < 4.78 is 0. The Morgan fingerprint density at radius 1 is 0.469 bits per heavy atom. The summed E-state index contributed by atoms with van der Waals surface area (Å²) in [5.41, 5.74) is 0.569. The van der Waals surface area contributed by atoms with Gasteiger partial charge in [-0.05, 0) is 59.7 Å². The van der Waals surface area contributed by atoms with Crippen molar-refractivity contribution in [3.63, 3.8) is 0 Å². The van der Waals surface area contributed by atoms with Crippen LogP contribution in [0.5, 0.6) is 0 Å². The molecular formula is C32H66. The highest BCUT2D eigenvalue weighted by Crippen LogP contribution is 2.36. The molecule has 0 fully saturated rings. The van der Waals surface area contributed by atoms with Crippen molar-refractivity contribution in [3.05, 3.63) is 0 Å². The quantitative estimate of drug-likeness (QED) is 0.173. The second-order valence-corrected chi connectivity index (χ2v) is 13.4. The standard InChI is InChI=1S/C32H66/c1-12-32(11,23-14-17-28(7)19-21-31(10)26(4)5)24-22-29(8)16-13-15-27(6)18-20-30(9)25(2)3/h25-31H,12-24H2,1-11H3/t27-,28+,29-,30+,31+,32-/m1/s1. The number of hydrogen-bond donors (Lipinski definition) is 0. The zero-order valence-corrected chi connectivity index (χ0v) is 24.7. The largest absolute Gasteiger partial charge is 0.0649 e. The second kappa shape index (κ2) is 17.4. The molecule has 0 spiro atoms. The smallest absolute Gasteiger partial charge is 0.0328 e. The fourth-order valence-corrected chi connectivity index (χ4v) is 4.96. The molecule has 0 heteroatoms. The van der Waals surface area contributed by atoms with Crippen molar-refractivity contribution in [2.24, 2.45) is 46.8 Å². The highest BCUT2D eigenvalue weighted by molar-refractivity contribution is 4.75. The maximum absolute atomic E-state index is 2.57. The first-order valence-corrected chi connectivity index (χ1v) is 14.9. The molecule has 0 unspecified atom stereocenters. The molecule has 0 rings (SSSR count). The van der Waals surface area contributed by atoms with Crippen LogP contribution in [0.4, 0.5) is 0 Å². The molecule has 0 nitrogen and oxygen atoms in total. The van der Waals surface area contributed by atoms with E-state index in [2.05, 4.69) is 76.2 Å². The Balaban J connectivity index is 4.06. The molecule has 0 bridgehead atoms. The van der Waals surface area contributed by atoms with Gasteiger partial charge in [-0.3, -0.25) is 0 Å². The van der Waals surface area contributed by atoms with Crippen molar-refractivity contribution in [2.75, 3.05) is 0 Å². The van der Waals surface area contributed by atoms with Gasteiger partial charge in [-0.1, -0.05) is 147 Å². The zero-order valence-electron chi connectivity index (χ0n) is 24.7. The van der Waals surface area contributed by atoms with Gasteiger partial charge in [-0.2, -0.15) is 0 Å². The summed E-state index contributed by atoms with van der Waals surface area (Å²) in [5, 5.41) is 0. The summed E-state index contributed by atoms with van der Waals surface area (Å²) in [4.78, 5) is 0. The summed E-state index contributed by atoms with van der Waals surface area (Å²) >= 11 is 0. The third-order valence-electron chi connectivity index (χ3n) is 9.47. The molecule has 0 aliphatic carbocycles. The molecule has 0 radical (unpaired) electrons. The van der Waals surface area contributed by atoms with E-state index in [0.717, 1.165) is 41.4 Å². The molecule has 0 aliphatic rings. The summed E-state index contributed by atoms with van der Waals surface area (Å²) in [7, 11) is 0. The fraction of sp³-hybridized carbons (Fsp3) is 1.00. The van der Waals surface area contributed by atoms with Gasteiger partial charge in [0.25, 0.3) is 0 Å². The zero-order chi connectivity index (χ0) is 24.7. The minimum Gasteiger partial charge on any atom is -0.0649 e. The van der Waals surface area contributed by atoms with Crippen molar-refractivity contribution in [1.29, 1.82) is 0 Å². The Morgan fingerprint density at radius 2 is 0.875 bits per heavy atom. The van der Waals surface area contributed by atoms with Crippen molar-refractivity contribution in [2.45, 2.75) is 160 Å². The Labute approximate surface area is 206 Å². The van der Waals surface area contributed by atoms with Crippen molar-refractivity contribution >= 4 is 0 Å². The molecule has 32 heavy (non-hydrogen) atoms. The van der Waals surface area contributed by atoms with E-state index < -0.39 is 0 Å². The minimum atomic E-state index is 0.569. The SMILES string of the molecule is CC[C@](C)(CCC[C@H](C)CC[C@H](C)C(C)C)CC[C@H](C)CCC[C@@H](C)CC[C@H](C)C(C)C. The number of rotatable bonds is 20. The summed E-state index contributed by atoms with van der Waals surface area (Å²) in [5.74, 6) is 6.16. The van der Waals surface area contributed by atoms with Gasteiger partial charge in [0, 0.05) is 0 Å². The van der Waals surface area contributed by atoms with Crippen LogP contribution < -0.4 is 0 Å². The second-order valence-electron chi connectivity index (χ2n) is 13.4. The third-order valence-corrected chi connectivity index (χ3v) is 9.47. The Kier molecular flexibility index (Phi) is 17.4. The van der Waals surface area contributed by atoms with Crippen LogP contribution in [-0.4, -0.2) is 0 Å². The first-order valence-electron chi connectivity index (χ1n) is 14.9. The molecule has 0 aromatic carbocycles. The van der Waals surface area contributed by atoms with Gasteiger partial charge in [0.2, 0.25) is 0 Å². The van der Waals surface area contributed by atoms with E-state index >= 15 is 0 Å². The van der Waals surface area contributed by atoms with E-state index in [1.54, 1.807) is 0 Å². The van der Waals surface area contributed by atoms with Crippen LogP contribution in [0.2, 0.25) is 0 Å². The summed E-state index contributed by atoms with van der Waals surface area (Å²) in [6.45, 7) is 26.8. The highest BCUT2D eigenvalue weighted by Gasteiger charge is 2.23. The van der Waals surface area contributed by atoms with Gasteiger partial charge < -0.3 is 0 Å². The van der Waals surface area contributed by atoms with E-state index in [0.29, 0.717) is 5.41 Å². The molecular weight excluding hydrogens is 384 g/mol. The summed E-state index contributed by atoms with van der Waals surface area (Å²) in [6.07, 6.45) is 18.5. The van der Waals surface area contributed by atoms with Crippen LogP contribution in [0.3, 0.4) is 0 Å². The third kappa shape index (κ3) is 15.8. The van der Waals surface area contributed by atoms with Crippen LogP contribution in [0.25, 0.3) is 0 Å². The van der Waals surface area contributed by atoms with Crippen LogP contribution in [0, 0.1) is 46.8 Å². The predicted molar refractivity (Wildman–Crippen MR) is 149 cm³/mol. The molecule has 6 atom stereocenters. The first-order chi connectivity index (χ1) is 14.9. The molecule has 0 aromatic heterocycles. The van der Waals surface area contributed by atoms with Gasteiger partial charge in [0.15, 0.2) is 0 Å². The van der Waals surface area contributed by atoms with Crippen LogP contribution >= 0.6 is 0 Å². The van der Waals surface area contributed by atoms with Gasteiger partial charge in [-0.15, -0.1) is 0 Å². The Hall–Kier alpha value is 0. The van der Waals surface area contributed by atoms with Crippen molar-refractivity contribution < 1.29 is 0 Å². The highest BCUT2D eigenvalue weighted by atomic mass is 14.3. The minimum absolute atomic E-state index is 0.569. The maximum atomic E-state index is 2.57. The lowest BCUT2D eigenvalue weighted by Gasteiger charge is -2.30. The van der Waals surface area contributed by atoms with Crippen molar-refractivity contribution in [1.82, 2.24) is 0 Å². The lowest BCUT2D eigenvalue weighted by atomic mass is 9.75. The topological polar surface area (TPSA) is 0 Å². The molecule has 194 valence electrons.